The van der Waals surface area contributed by atoms with Crippen LogP contribution in [0.25, 0.3) is 11.1 Å². The number of hydrogen-bond acceptors (Lipinski definition) is 5. The zero-order chi connectivity index (χ0) is 24.3. The summed E-state index contributed by atoms with van der Waals surface area (Å²) in [6.07, 6.45) is -1.43. The Labute approximate surface area is 194 Å². The number of aliphatic carboxylic acids is 1. The summed E-state index contributed by atoms with van der Waals surface area (Å²) in [4.78, 5) is 15.3. The van der Waals surface area contributed by atoms with Gasteiger partial charge in [-0.05, 0) is 41.0 Å². The molecule has 0 fully saturated rings. The van der Waals surface area contributed by atoms with Gasteiger partial charge in [-0.1, -0.05) is 50.6 Å². The van der Waals surface area contributed by atoms with Crippen LogP contribution in [0.4, 0.5) is 8.78 Å². The van der Waals surface area contributed by atoms with Gasteiger partial charge in [0.15, 0.2) is 11.6 Å². The van der Waals surface area contributed by atoms with Gasteiger partial charge in [-0.3, -0.25) is 0 Å². The first-order chi connectivity index (χ1) is 15.5. The number of hydrogen-bond donors (Lipinski definition) is 2. The zero-order valence-electron chi connectivity index (χ0n) is 18.2. The normalized spacial score (nSPS) is 12.3. The van der Waals surface area contributed by atoms with Crippen molar-refractivity contribution in [2.45, 2.75) is 33.4 Å². The summed E-state index contributed by atoms with van der Waals surface area (Å²) < 4.78 is 39.5. The lowest BCUT2D eigenvalue weighted by atomic mass is 9.89. The molecule has 174 valence electrons. The number of benzene rings is 2. The van der Waals surface area contributed by atoms with Gasteiger partial charge >= 0.3 is 5.97 Å². The van der Waals surface area contributed by atoms with Gasteiger partial charge in [0.2, 0.25) is 6.10 Å². The minimum Gasteiger partial charge on any atom is -0.478 e. The molecule has 0 saturated carbocycles. The highest BCUT2D eigenvalue weighted by atomic mass is 35.5. The van der Waals surface area contributed by atoms with Gasteiger partial charge < -0.3 is 20.3 Å². The van der Waals surface area contributed by atoms with Crippen molar-refractivity contribution in [3.63, 3.8) is 0 Å². The van der Waals surface area contributed by atoms with E-state index in [-0.39, 0.29) is 5.75 Å². The number of halogens is 3. The predicted molar refractivity (Wildman–Crippen MR) is 121 cm³/mol. The van der Waals surface area contributed by atoms with Gasteiger partial charge in [0.05, 0.1) is 0 Å². The first-order valence-corrected chi connectivity index (χ1v) is 10.4. The lowest BCUT2D eigenvalue weighted by molar-refractivity contribution is -0.150. The second-order valence-corrected chi connectivity index (χ2v) is 8.88. The molecule has 1 aromatic heterocycles. The van der Waals surface area contributed by atoms with E-state index in [0.29, 0.717) is 23.2 Å². The highest BCUT2D eigenvalue weighted by molar-refractivity contribution is 6.31. The summed E-state index contributed by atoms with van der Waals surface area (Å²) in [5, 5.41) is 9.74. The molecule has 9 heteroatoms. The molecule has 0 spiro atoms. The van der Waals surface area contributed by atoms with Crippen LogP contribution in [0.2, 0.25) is 5.02 Å². The summed E-state index contributed by atoms with van der Waals surface area (Å²) in [6, 6.07) is 12.8. The van der Waals surface area contributed by atoms with E-state index in [9.17, 15) is 18.7 Å². The number of rotatable bonds is 7. The van der Waals surface area contributed by atoms with Crippen LogP contribution in [0.15, 0.2) is 48.5 Å². The smallest absolute Gasteiger partial charge is 0.345 e. The van der Waals surface area contributed by atoms with Crippen molar-refractivity contribution in [3.05, 3.63) is 70.8 Å². The zero-order valence-corrected chi connectivity index (χ0v) is 19.0. The van der Waals surface area contributed by atoms with E-state index < -0.39 is 40.9 Å². The predicted octanol–water partition coefficient (Wildman–Crippen LogP) is 5.81. The molecule has 1 atom stereocenters. The Balaban J connectivity index is 1.96. The van der Waals surface area contributed by atoms with Crippen molar-refractivity contribution < 1.29 is 28.2 Å². The summed E-state index contributed by atoms with van der Waals surface area (Å²) in [6.45, 7) is 5.19. The van der Waals surface area contributed by atoms with Gasteiger partial charge in [0.1, 0.15) is 5.75 Å². The van der Waals surface area contributed by atoms with Gasteiger partial charge in [0.25, 0.3) is 11.8 Å². The minimum absolute atomic E-state index is 0.144. The second-order valence-electron chi connectivity index (χ2n) is 8.45. The van der Waals surface area contributed by atoms with Crippen molar-refractivity contribution in [1.29, 1.82) is 0 Å². The molecule has 33 heavy (non-hydrogen) atoms. The molecular weight excluding hydrogens is 454 g/mol. The maximum absolute atomic E-state index is 14.4. The van der Waals surface area contributed by atoms with E-state index in [2.05, 4.69) is 4.98 Å². The molecule has 3 N–H and O–H groups in total. The van der Waals surface area contributed by atoms with Crippen LogP contribution in [-0.2, 0) is 11.3 Å². The maximum Gasteiger partial charge on any atom is 0.345 e. The fourth-order valence-corrected chi connectivity index (χ4v) is 3.30. The van der Waals surface area contributed by atoms with Crippen molar-refractivity contribution in [2.75, 3.05) is 0 Å². The van der Waals surface area contributed by atoms with Gasteiger partial charge in [-0.2, -0.15) is 4.98 Å². The molecular formula is C24H23ClF2N2O4. The van der Waals surface area contributed by atoms with Crippen molar-refractivity contribution >= 4 is 17.6 Å². The summed E-state index contributed by atoms with van der Waals surface area (Å²) in [7, 11) is 0. The third kappa shape index (κ3) is 5.97. The number of aromatic nitrogens is 1. The molecule has 6 nitrogen and oxygen atoms in total. The molecule has 0 aliphatic carbocycles. The Bertz CT molecular complexity index is 1180. The number of carbonyl (C=O) groups is 1. The van der Waals surface area contributed by atoms with E-state index in [1.807, 2.05) is 24.3 Å². The summed E-state index contributed by atoms with van der Waals surface area (Å²) >= 11 is 6.22. The molecule has 0 saturated heterocycles. The van der Waals surface area contributed by atoms with Gasteiger partial charge in [-0.25, -0.2) is 13.6 Å². The lowest BCUT2D eigenvalue weighted by Crippen LogP contribution is -2.39. The monoisotopic (exact) mass is 476 g/mol. The minimum atomic E-state index is -1.43. The van der Waals surface area contributed by atoms with E-state index in [1.54, 1.807) is 32.9 Å². The largest absolute Gasteiger partial charge is 0.478 e. The van der Waals surface area contributed by atoms with Gasteiger partial charge in [0, 0.05) is 23.0 Å². The van der Waals surface area contributed by atoms with Crippen molar-refractivity contribution in [1.82, 2.24) is 4.98 Å². The molecule has 0 radical (unpaired) electrons. The number of carboxylic acids is 1. The van der Waals surface area contributed by atoms with Crippen LogP contribution in [0, 0.1) is 17.0 Å². The number of nitrogens with zero attached hydrogens (tertiary/aromatic N) is 1. The number of carboxylic acid groups (broad SMARTS) is 1. The lowest BCUT2D eigenvalue weighted by Gasteiger charge is -2.27. The molecule has 3 aromatic rings. The highest BCUT2D eigenvalue weighted by Crippen LogP contribution is 2.34. The van der Waals surface area contributed by atoms with Crippen LogP contribution in [0.3, 0.4) is 0 Å². The highest BCUT2D eigenvalue weighted by Gasteiger charge is 2.35. The Morgan fingerprint density at radius 3 is 2.42 bits per heavy atom. The third-order valence-electron chi connectivity index (χ3n) is 4.69. The summed E-state index contributed by atoms with van der Waals surface area (Å²) in [5.74, 6) is -4.69. The first kappa shape index (κ1) is 24.4. The molecule has 0 aliphatic heterocycles. The van der Waals surface area contributed by atoms with Gasteiger partial charge in [-0.15, -0.1) is 0 Å². The third-order valence-corrected chi connectivity index (χ3v) is 4.91. The second kappa shape index (κ2) is 9.72. The quantitative estimate of drug-likeness (QED) is 0.447. The van der Waals surface area contributed by atoms with Crippen LogP contribution >= 0.6 is 11.6 Å². The Hall–Kier alpha value is -3.23. The van der Waals surface area contributed by atoms with E-state index in [0.717, 1.165) is 11.1 Å². The van der Waals surface area contributed by atoms with Crippen molar-refractivity contribution in [3.8, 4) is 28.6 Å². The number of nitrogens with two attached hydrogens (primary N) is 1. The fraction of sp³-hybridized carbons (Fsp3) is 0.250. The Morgan fingerprint density at radius 2 is 1.79 bits per heavy atom. The summed E-state index contributed by atoms with van der Waals surface area (Å²) in [5.41, 5.74) is 7.24. The molecule has 0 amide bonds. The van der Waals surface area contributed by atoms with Crippen LogP contribution < -0.4 is 15.2 Å². The SMILES string of the molecule is CC(C)(C)C(Oc1nc(Oc2cc(Cl)cc(-c3cccc(CN)c3)c2)c(F)cc1F)C(=O)O. The Kier molecular flexibility index (Phi) is 7.19. The van der Waals surface area contributed by atoms with E-state index in [1.165, 1.54) is 6.07 Å². The first-order valence-electron chi connectivity index (χ1n) is 10.0. The number of ether oxygens (including phenoxy) is 2. The van der Waals surface area contributed by atoms with E-state index >= 15 is 0 Å². The fourth-order valence-electron chi connectivity index (χ4n) is 3.08. The number of pyridine rings is 1. The van der Waals surface area contributed by atoms with Crippen LogP contribution in [0.5, 0.6) is 17.5 Å². The molecule has 0 bridgehead atoms. The molecule has 1 unspecified atom stereocenters. The van der Waals surface area contributed by atoms with Crippen molar-refractivity contribution in [2.24, 2.45) is 11.1 Å². The average molecular weight is 477 g/mol. The van der Waals surface area contributed by atoms with Crippen LogP contribution in [0.1, 0.15) is 26.3 Å². The molecule has 2 aromatic carbocycles. The maximum atomic E-state index is 14.4. The topological polar surface area (TPSA) is 94.7 Å². The molecule has 0 aliphatic rings. The molecule has 3 rings (SSSR count). The Morgan fingerprint density at radius 1 is 1.09 bits per heavy atom. The van der Waals surface area contributed by atoms with E-state index in [4.69, 9.17) is 26.8 Å². The standard InChI is InChI=1S/C24H23ClF2N2O4/c1-24(2,3)20(23(30)31)33-22-19(27)11-18(26)21(29-22)32-17-9-15(8-16(25)10-17)14-6-4-5-13(7-14)12-28/h4-11,20H,12,28H2,1-3H3,(H,30,31). The average Bonchev–Trinajstić information content (AvgIpc) is 2.73. The molecule has 1 heterocycles. The van der Waals surface area contributed by atoms with Crippen LogP contribution in [-0.4, -0.2) is 22.2 Å².